The fourth-order valence-electron chi connectivity index (χ4n) is 1.64. The molecule has 2 heterocycles. The van der Waals surface area contributed by atoms with Gasteiger partial charge in [-0.2, -0.15) is 15.4 Å². The Bertz CT molecular complexity index is 670. The minimum absolute atomic E-state index is 0.368. The molecular formula is C13H9FN4O. The highest BCUT2D eigenvalue weighted by atomic mass is 19.1. The summed E-state index contributed by atoms with van der Waals surface area (Å²) in [5.41, 5.74) is 0.817. The van der Waals surface area contributed by atoms with E-state index in [0.29, 0.717) is 22.8 Å². The molecule has 3 rings (SSSR count). The molecule has 0 atom stereocenters. The van der Waals surface area contributed by atoms with Crippen LogP contribution in [0, 0.1) is 5.82 Å². The van der Waals surface area contributed by atoms with E-state index < -0.39 is 5.82 Å². The van der Waals surface area contributed by atoms with Crippen LogP contribution in [0.5, 0.6) is 11.5 Å². The Kier molecular flexibility index (Phi) is 2.89. The van der Waals surface area contributed by atoms with Crippen molar-refractivity contribution >= 4 is 0 Å². The zero-order chi connectivity index (χ0) is 13.1. The lowest BCUT2D eigenvalue weighted by Crippen LogP contribution is -1.89. The minimum atomic E-state index is -0.421. The summed E-state index contributed by atoms with van der Waals surface area (Å²) in [7, 11) is 0. The van der Waals surface area contributed by atoms with Crippen LogP contribution in [0.2, 0.25) is 0 Å². The van der Waals surface area contributed by atoms with Crippen molar-refractivity contribution in [1.29, 1.82) is 0 Å². The van der Waals surface area contributed by atoms with E-state index in [1.165, 1.54) is 12.3 Å². The molecule has 1 N–H and O–H groups in total. The fourth-order valence-corrected chi connectivity index (χ4v) is 1.64. The predicted octanol–water partition coefficient (Wildman–Crippen LogP) is 2.80. The van der Waals surface area contributed by atoms with Crippen LogP contribution in [-0.2, 0) is 0 Å². The first-order chi connectivity index (χ1) is 9.33. The molecule has 1 aromatic carbocycles. The molecule has 6 heteroatoms. The maximum absolute atomic E-state index is 13.9. The van der Waals surface area contributed by atoms with Crippen LogP contribution in [0.3, 0.4) is 0 Å². The van der Waals surface area contributed by atoms with Gasteiger partial charge >= 0.3 is 0 Å². The molecule has 0 spiro atoms. The van der Waals surface area contributed by atoms with Crippen LogP contribution < -0.4 is 4.74 Å². The Hall–Kier alpha value is -2.76. The number of ether oxygens (including phenoxy) is 1. The molecule has 94 valence electrons. The molecule has 0 aliphatic heterocycles. The molecule has 2 aromatic heterocycles. The lowest BCUT2D eigenvalue weighted by molar-refractivity contribution is 0.475. The zero-order valence-corrected chi connectivity index (χ0v) is 9.75. The minimum Gasteiger partial charge on any atom is -0.456 e. The van der Waals surface area contributed by atoms with Crippen molar-refractivity contribution < 1.29 is 9.13 Å². The van der Waals surface area contributed by atoms with Crippen LogP contribution in [0.1, 0.15) is 0 Å². The van der Waals surface area contributed by atoms with Gasteiger partial charge < -0.3 is 4.74 Å². The normalized spacial score (nSPS) is 10.4. The maximum Gasteiger partial charge on any atom is 0.145 e. The van der Waals surface area contributed by atoms with Gasteiger partial charge in [-0.25, -0.2) is 4.39 Å². The number of nitrogens with zero attached hydrogens (tertiary/aromatic N) is 3. The number of rotatable bonds is 3. The van der Waals surface area contributed by atoms with Crippen molar-refractivity contribution in [2.45, 2.75) is 0 Å². The van der Waals surface area contributed by atoms with Crippen LogP contribution in [-0.4, -0.2) is 20.4 Å². The van der Waals surface area contributed by atoms with E-state index in [4.69, 9.17) is 4.74 Å². The van der Waals surface area contributed by atoms with Crippen LogP contribution in [0.15, 0.2) is 48.9 Å². The number of aromatic nitrogens is 4. The van der Waals surface area contributed by atoms with Crippen molar-refractivity contribution in [2.75, 3.05) is 0 Å². The number of halogens is 1. The molecule has 0 amide bonds. The molecule has 0 bridgehead atoms. The Morgan fingerprint density at radius 2 is 2.05 bits per heavy atom. The molecular weight excluding hydrogens is 247 g/mol. The van der Waals surface area contributed by atoms with Crippen molar-refractivity contribution in [3.05, 3.63) is 54.7 Å². The summed E-state index contributed by atoms with van der Waals surface area (Å²) in [6.45, 7) is 0. The zero-order valence-electron chi connectivity index (χ0n) is 9.75. The summed E-state index contributed by atoms with van der Waals surface area (Å²) in [5.74, 6) is 0.532. The summed E-state index contributed by atoms with van der Waals surface area (Å²) in [4.78, 5) is 3.92. The summed E-state index contributed by atoms with van der Waals surface area (Å²) < 4.78 is 19.4. The standard InChI is InChI=1S/C13H9FN4O/c14-12-6-9(19-10-2-1-5-15-7-10)3-4-11(12)13-8-16-18-17-13/h1-8H,(H,16,17,18). The van der Waals surface area contributed by atoms with E-state index >= 15 is 0 Å². The molecule has 0 fully saturated rings. The average molecular weight is 256 g/mol. The monoisotopic (exact) mass is 256 g/mol. The van der Waals surface area contributed by atoms with Gasteiger partial charge in [0.05, 0.1) is 12.4 Å². The van der Waals surface area contributed by atoms with Gasteiger partial charge in [-0.1, -0.05) is 0 Å². The topological polar surface area (TPSA) is 63.7 Å². The fraction of sp³-hybridized carbons (Fsp3) is 0. The molecule has 0 aliphatic rings. The summed E-state index contributed by atoms with van der Waals surface area (Å²) >= 11 is 0. The molecule has 0 saturated carbocycles. The SMILES string of the molecule is Fc1cc(Oc2cccnc2)ccc1-c1cn[nH]n1. The van der Waals surface area contributed by atoms with Crippen molar-refractivity contribution in [1.82, 2.24) is 20.4 Å². The molecule has 3 aromatic rings. The maximum atomic E-state index is 13.9. The number of pyridine rings is 1. The van der Waals surface area contributed by atoms with Gasteiger partial charge in [-0.15, -0.1) is 0 Å². The average Bonchev–Trinajstić information content (AvgIpc) is 2.94. The van der Waals surface area contributed by atoms with E-state index in [1.54, 1.807) is 36.7 Å². The quantitative estimate of drug-likeness (QED) is 0.782. The lowest BCUT2D eigenvalue weighted by atomic mass is 10.1. The van der Waals surface area contributed by atoms with E-state index in [-0.39, 0.29) is 0 Å². The van der Waals surface area contributed by atoms with Gasteiger partial charge in [0.1, 0.15) is 23.0 Å². The summed E-state index contributed by atoms with van der Waals surface area (Å²) in [5, 5.41) is 9.93. The van der Waals surface area contributed by atoms with Crippen LogP contribution >= 0.6 is 0 Å². The lowest BCUT2D eigenvalue weighted by Gasteiger charge is -2.06. The number of nitrogens with one attached hydrogen (secondary N) is 1. The number of hydrogen-bond donors (Lipinski definition) is 1. The number of hydrogen-bond acceptors (Lipinski definition) is 4. The molecule has 0 unspecified atom stereocenters. The Morgan fingerprint density at radius 3 is 2.74 bits per heavy atom. The second-order valence-electron chi connectivity index (χ2n) is 3.79. The van der Waals surface area contributed by atoms with E-state index in [2.05, 4.69) is 20.4 Å². The van der Waals surface area contributed by atoms with Gasteiger partial charge in [0.25, 0.3) is 0 Å². The van der Waals surface area contributed by atoms with Gasteiger partial charge in [-0.3, -0.25) is 4.98 Å². The van der Waals surface area contributed by atoms with Gasteiger partial charge in [0.15, 0.2) is 0 Å². The third-order valence-electron chi connectivity index (χ3n) is 2.50. The van der Waals surface area contributed by atoms with Crippen LogP contribution in [0.4, 0.5) is 4.39 Å². The van der Waals surface area contributed by atoms with Gasteiger partial charge in [-0.05, 0) is 24.3 Å². The third kappa shape index (κ3) is 2.42. The van der Waals surface area contributed by atoms with Gasteiger partial charge in [0, 0.05) is 17.8 Å². The predicted molar refractivity (Wildman–Crippen MR) is 66.1 cm³/mol. The Balaban J connectivity index is 1.88. The highest BCUT2D eigenvalue weighted by Gasteiger charge is 2.09. The van der Waals surface area contributed by atoms with E-state index in [9.17, 15) is 4.39 Å². The molecule has 5 nitrogen and oxygen atoms in total. The molecule has 0 saturated heterocycles. The Morgan fingerprint density at radius 1 is 1.11 bits per heavy atom. The van der Waals surface area contributed by atoms with Crippen molar-refractivity contribution in [3.8, 4) is 22.8 Å². The third-order valence-corrected chi connectivity index (χ3v) is 2.50. The summed E-state index contributed by atoms with van der Waals surface area (Å²) in [6.07, 6.45) is 4.66. The van der Waals surface area contributed by atoms with E-state index in [0.717, 1.165) is 0 Å². The highest BCUT2D eigenvalue weighted by molar-refractivity contribution is 5.59. The highest BCUT2D eigenvalue weighted by Crippen LogP contribution is 2.26. The van der Waals surface area contributed by atoms with E-state index in [1.807, 2.05) is 0 Å². The first-order valence-electron chi connectivity index (χ1n) is 5.56. The molecule has 0 aliphatic carbocycles. The second-order valence-corrected chi connectivity index (χ2v) is 3.79. The first-order valence-corrected chi connectivity index (χ1v) is 5.56. The number of aromatic amines is 1. The second kappa shape index (κ2) is 4.85. The Labute approximate surface area is 108 Å². The number of benzene rings is 1. The number of H-pyrrole nitrogens is 1. The first kappa shape index (κ1) is 11.3. The van der Waals surface area contributed by atoms with Gasteiger partial charge in [0.2, 0.25) is 0 Å². The molecule has 0 radical (unpaired) electrons. The molecule has 19 heavy (non-hydrogen) atoms. The van der Waals surface area contributed by atoms with Crippen molar-refractivity contribution in [2.24, 2.45) is 0 Å². The summed E-state index contributed by atoms with van der Waals surface area (Å²) in [6, 6.07) is 8.06. The van der Waals surface area contributed by atoms with Crippen LogP contribution in [0.25, 0.3) is 11.3 Å². The van der Waals surface area contributed by atoms with Crippen molar-refractivity contribution in [3.63, 3.8) is 0 Å². The smallest absolute Gasteiger partial charge is 0.145 e. The largest absolute Gasteiger partial charge is 0.456 e.